The molecule has 2 aromatic heterocycles. The summed E-state index contributed by atoms with van der Waals surface area (Å²) >= 11 is 0. The number of halogens is 1. The molecule has 0 bridgehead atoms. The Bertz CT molecular complexity index is 2040. The number of aromatic nitrogens is 2. The van der Waals surface area contributed by atoms with Crippen LogP contribution in [0.4, 0.5) is 25.4 Å². The van der Waals surface area contributed by atoms with Gasteiger partial charge in [0.15, 0.2) is 17.6 Å². The van der Waals surface area contributed by atoms with Crippen molar-refractivity contribution in [2.75, 3.05) is 38.3 Å². The summed E-state index contributed by atoms with van der Waals surface area (Å²) in [5.41, 5.74) is -0.145. The largest absolute Gasteiger partial charge is 0.486 e. The van der Waals surface area contributed by atoms with Gasteiger partial charge >= 0.3 is 18.2 Å². The van der Waals surface area contributed by atoms with Crippen molar-refractivity contribution < 1.29 is 52.1 Å². The number of carbonyl (C=O) groups is 3. The van der Waals surface area contributed by atoms with Gasteiger partial charge in [0, 0.05) is 42.8 Å². The SMILES string of the molecule is COc1ccc2ncc(F)c(CN(CC[C@H](OC(=O)c3ccc([N+](=O)[O-])cc3)[C@H]3CN(c4ccc5c(c4)OCCO5)C(=O)O3)C(=O)OC(C)(C)C)c2n1. The van der Waals surface area contributed by atoms with Crippen molar-refractivity contribution in [3.8, 4) is 17.4 Å². The molecule has 0 radical (unpaired) electrons. The first-order valence-electron chi connectivity index (χ1n) is 16.6. The van der Waals surface area contributed by atoms with Gasteiger partial charge in [0.25, 0.3) is 5.69 Å². The second-order valence-electron chi connectivity index (χ2n) is 13.1. The molecule has 0 saturated carbocycles. The average Bonchev–Trinajstić information content (AvgIpc) is 3.53. The predicted molar refractivity (Wildman–Crippen MR) is 185 cm³/mol. The summed E-state index contributed by atoms with van der Waals surface area (Å²) in [5, 5.41) is 11.2. The van der Waals surface area contributed by atoms with Crippen LogP contribution in [0.2, 0.25) is 0 Å². The van der Waals surface area contributed by atoms with E-state index in [2.05, 4.69) is 9.97 Å². The Labute approximate surface area is 302 Å². The van der Waals surface area contributed by atoms with Crippen LogP contribution in [0.1, 0.15) is 43.1 Å². The van der Waals surface area contributed by atoms with E-state index in [-0.39, 0.29) is 54.3 Å². The number of pyridine rings is 2. The van der Waals surface area contributed by atoms with Crippen LogP contribution in [0.3, 0.4) is 0 Å². The second kappa shape index (κ2) is 15.1. The Morgan fingerprint density at radius 1 is 1.09 bits per heavy atom. The summed E-state index contributed by atoms with van der Waals surface area (Å²) in [6.45, 7) is 5.20. The number of rotatable bonds is 11. The number of ether oxygens (including phenoxy) is 6. The van der Waals surface area contributed by atoms with Crippen LogP contribution >= 0.6 is 0 Å². The molecule has 0 N–H and O–H groups in total. The van der Waals surface area contributed by atoms with E-state index in [1.165, 1.54) is 29.0 Å². The van der Waals surface area contributed by atoms with Gasteiger partial charge in [-0.1, -0.05) is 0 Å². The van der Waals surface area contributed by atoms with E-state index in [1.54, 1.807) is 51.1 Å². The number of cyclic esters (lactones) is 1. The standard InChI is InChI=1S/C36H36FN5O11/c1-36(2,3)53-34(44)40(19-24-25(37)18-38-26-10-12-31(48-4)39-32(24)26)14-13-28(51-33(43)21-5-7-22(8-6-21)42(46)47)30-20-41(35(45)52-30)23-9-11-27-29(17-23)50-16-15-49-27/h5-12,17-18,28,30H,13-16,19-20H2,1-4H3/t28-,30+/m0/s1. The van der Waals surface area contributed by atoms with Crippen molar-refractivity contribution in [3.63, 3.8) is 0 Å². The number of fused-ring (bicyclic) bond motifs is 2. The van der Waals surface area contributed by atoms with Gasteiger partial charge in [0.1, 0.15) is 36.3 Å². The number of nitrogens with zero attached hydrogens (tertiary/aromatic N) is 5. The summed E-state index contributed by atoms with van der Waals surface area (Å²) in [5.74, 6) is -0.410. The molecule has 0 unspecified atom stereocenters. The van der Waals surface area contributed by atoms with Gasteiger partial charge in [-0.25, -0.2) is 23.8 Å². The molecule has 2 atom stereocenters. The molecule has 2 aromatic carbocycles. The quantitative estimate of drug-likeness (QED) is 0.0777. The highest BCUT2D eigenvalue weighted by Gasteiger charge is 2.40. The van der Waals surface area contributed by atoms with Crippen molar-refractivity contribution in [2.24, 2.45) is 0 Å². The van der Waals surface area contributed by atoms with Crippen LogP contribution in [0.5, 0.6) is 17.4 Å². The van der Waals surface area contributed by atoms with Gasteiger partial charge in [-0.05, 0) is 51.1 Å². The van der Waals surface area contributed by atoms with Crippen molar-refractivity contribution in [2.45, 2.75) is 51.5 Å². The number of amides is 2. The topological polar surface area (TPSA) is 182 Å². The number of hydrogen-bond donors (Lipinski definition) is 0. The fourth-order valence-electron chi connectivity index (χ4n) is 5.71. The number of non-ortho nitro benzene ring substituents is 1. The van der Waals surface area contributed by atoms with Crippen molar-refractivity contribution in [1.82, 2.24) is 14.9 Å². The third-order valence-corrected chi connectivity index (χ3v) is 8.29. The first kappa shape index (κ1) is 36.5. The highest BCUT2D eigenvalue weighted by Crippen LogP contribution is 2.36. The third kappa shape index (κ3) is 8.45. The van der Waals surface area contributed by atoms with E-state index in [9.17, 15) is 24.5 Å². The summed E-state index contributed by atoms with van der Waals surface area (Å²) in [4.78, 5) is 62.0. The van der Waals surface area contributed by atoms with Gasteiger partial charge in [0.2, 0.25) is 5.88 Å². The van der Waals surface area contributed by atoms with Crippen molar-refractivity contribution >= 4 is 40.6 Å². The van der Waals surface area contributed by atoms with Crippen LogP contribution < -0.4 is 19.1 Å². The van der Waals surface area contributed by atoms with Crippen molar-refractivity contribution in [3.05, 3.63) is 87.9 Å². The van der Waals surface area contributed by atoms with E-state index in [0.717, 1.165) is 18.3 Å². The lowest BCUT2D eigenvalue weighted by molar-refractivity contribution is -0.384. The number of nitro groups is 1. The van der Waals surface area contributed by atoms with Crippen LogP contribution in [0.15, 0.2) is 60.8 Å². The molecule has 1 saturated heterocycles. The summed E-state index contributed by atoms with van der Waals surface area (Å²) < 4.78 is 49.2. The minimum absolute atomic E-state index is 0.00274. The molecular weight excluding hydrogens is 697 g/mol. The molecule has 2 aliphatic heterocycles. The Morgan fingerprint density at radius 3 is 2.53 bits per heavy atom. The molecule has 16 nitrogen and oxygen atoms in total. The van der Waals surface area contributed by atoms with Gasteiger partial charge in [-0.15, -0.1) is 0 Å². The van der Waals surface area contributed by atoms with Gasteiger partial charge in [-0.3, -0.25) is 20.0 Å². The number of carbonyl (C=O) groups excluding carboxylic acids is 3. The molecule has 278 valence electrons. The molecular formula is C36H36FN5O11. The number of hydrogen-bond acceptors (Lipinski definition) is 13. The minimum atomic E-state index is -1.16. The molecule has 53 heavy (non-hydrogen) atoms. The Kier molecular flexibility index (Phi) is 10.4. The van der Waals surface area contributed by atoms with Crippen LogP contribution in [-0.2, 0) is 20.8 Å². The normalized spacial score (nSPS) is 15.8. The Hall–Kier alpha value is -6.26. The second-order valence-corrected chi connectivity index (χ2v) is 13.1. The molecule has 4 heterocycles. The Morgan fingerprint density at radius 2 is 1.83 bits per heavy atom. The van der Waals surface area contributed by atoms with Crippen LogP contribution in [0, 0.1) is 15.9 Å². The molecule has 17 heteroatoms. The maximum atomic E-state index is 15.4. The molecule has 1 fully saturated rings. The van der Waals surface area contributed by atoms with Crippen LogP contribution in [0.25, 0.3) is 11.0 Å². The fraction of sp³-hybridized carbons (Fsp3) is 0.361. The maximum Gasteiger partial charge on any atom is 0.414 e. The summed E-state index contributed by atoms with van der Waals surface area (Å²) in [6, 6.07) is 12.9. The zero-order chi connectivity index (χ0) is 37.9. The molecule has 6 rings (SSSR count). The first-order chi connectivity index (χ1) is 25.3. The molecule has 0 aliphatic carbocycles. The Balaban J connectivity index is 1.30. The zero-order valence-electron chi connectivity index (χ0n) is 29.3. The molecule has 2 amide bonds. The van der Waals surface area contributed by atoms with Crippen molar-refractivity contribution in [1.29, 1.82) is 0 Å². The number of esters is 1. The smallest absolute Gasteiger partial charge is 0.414 e. The van der Waals surface area contributed by atoms with E-state index in [1.807, 2.05) is 0 Å². The monoisotopic (exact) mass is 733 g/mol. The van der Waals surface area contributed by atoms with E-state index in [0.29, 0.717) is 35.9 Å². The van der Waals surface area contributed by atoms with Gasteiger partial charge < -0.3 is 33.3 Å². The highest BCUT2D eigenvalue weighted by atomic mass is 19.1. The minimum Gasteiger partial charge on any atom is -0.486 e. The highest BCUT2D eigenvalue weighted by molar-refractivity contribution is 5.91. The molecule has 4 aromatic rings. The van der Waals surface area contributed by atoms with E-state index >= 15 is 4.39 Å². The zero-order valence-corrected chi connectivity index (χ0v) is 29.3. The number of methoxy groups -OCH3 is 1. The lowest BCUT2D eigenvalue weighted by Gasteiger charge is -2.30. The molecule has 2 aliphatic rings. The maximum absolute atomic E-state index is 15.4. The lowest BCUT2D eigenvalue weighted by Crippen LogP contribution is -2.41. The number of benzene rings is 2. The fourth-order valence-corrected chi connectivity index (χ4v) is 5.71. The molecule has 0 spiro atoms. The third-order valence-electron chi connectivity index (χ3n) is 8.29. The van der Waals surface area contributed by atoms with Gasteiger partial charge in [-0.2, -0.15) is 0 Å². The average molecular weight is 734 g/mol. The predicted octanol–water partition coefficient (Wildman–Crippen LogP) is 5.84. The number of nitro benzene ring substituents is 1. The van der Waals surface area contributed by atoms with E-state index < -0.39 is 46.7 Å². The van der Waals surface area contributed by atoms with E-state index in [4.69, 9.17) is 28.4 Å². The first-order valence-corrected chi connectivity index (χ1v) is 16.6. The summed E-state index contributed by atoms with van der Waals surface area (Å²) in [7, 11) is 1.41. The summed E-state index contributed by atoms with van der Waals surface area (Å²) in [6.07, 6.45) is -2.80. The van der Waals surface area contributed by atoms with Gasteiger partial charge in [0.05, 0.1) is 48.1 Å². The number of anilines is 1. The van der Waals surface area contributed by atoms with Crippen LogP contribution in [-0.4, -0.2) is 89.2 Å². The lowest BCUT2D eigenvalue weighted by atomic mass is 10.1.